The van der Waals surface area contributed by atoms with Crippen molar-refractivity contribution in [2.24, 2.45) is 0 Å². The molecule has 178 valence electrons. The van der Waals surface area contributed by atoms with Crippen LogP contribution in [0.4, 0.5) is 0 Å². The molecule has 0 saturated carbocycles. The number of hydrogen-bond acceptors (Lipinski definition) is 4. The highest BCUT2D eigenvalue weighted by Crippen LogP contribution is 2.18. The molecule has 3 rings (SSSR count). The summed E-state index contributed by atoms with van der Waals surface area (Å²) in [6, 6.07) is 21.3. The van der Waals surface area contributed by atoms with E-state index in [1.807, 2.05) is 43.3 Å². The fourth-order valence-corrected chi connectivity index (χ4v) is 3.69. The fourth-order valence-electron chi connectivity index (χ4n) is 3.69. The Morgan fingerprint density at radius 3 is 1.56 bits per heavy atom. The first-order valence-corrected chi connectivity index (χ1v) is 12.2. The molecule has 0 unspecified atom stereocenters. The predicted octanol–water partition coefficient (Wildman–Crippen LogP) is 7.73. The first-order valence-electron chi connectivity index (χ1n) is 12.2. The van der Waals surface area contributed by atoms with Gasteiger partial charge in [0.2, 0.25) is 0 Å². The lowest BCUT2D eigenvalue weighted by molar-refractivity contribution is 0.0730. The van der Waals surface area contributed by atoms with Crippen molar-refractivity contribution in [3.05, 3.63) is 95.1 Å². The van der Waals surface area contributed by atoms with E-state index in [9.17, 15) is 9.59 Å². The van der Waals surface area contributed by atoms with Gasteiger partial charge >= 0.3 is 11.9 Å². The number of benzene rings is 3. The molecule has 0 heterocycles. The predicted molar refractivity (Wildman–Crippen MR) is 136 cm³/mol. The monoisotopic (exact) mass is 458 g/mol. The summed E-state index contributed by atoms with van der Waals surface area (Å²) >= 11 is 0. The Labute approximate surface area is 202 Å². The quantitative estimate of drug-likeness (QED) is 0.158. The summed E-state index contributed by atoms with van der Waals surface area (Å²) in [4.78, 5) is 24.8. The van der Waals surface area contributed by atoms with Gasteiger partial charge in [0, 0.05) is 0 Å². The average Bonchev–Trinajstić information content (AvgIpc) is 2.85. The number of rotatable bonds is 12. The molecule has 0 spiro atoms. The van der Waals surface area contributed by atoms with E-state index in [-0.39, 0.29) is 0 Å². The maximum Gasteiger partial charge on any atom is 0.343 e. The Morgan fingerprint density at radius 2 is 1.03 bits per heavy atom. The molecular weight excluding hydrogens is 424 g/mol. The minimum absolute atomic E-state index is 0.379. The van der Waals surface area contributed by atoms with Crippen LogP contribution in [0.3, 0.4) is 0 Å². The van der Waals surface area contributed by atoms with Crippen LogP contribution < -0.4 is 9.47 Å². The molecule has 0 aliphatic heterocycles. The van der Waals surface area contributed by atoms with Gasteiger partial charge in [0.1, 0.15) is 11.5 Å². The lowest BCUT2D eigenvalue weighted by atomic mass is 10.0. The molecule has 0 aliphatic rings. The number of aryl methyl sites for hydroxylation is 2. The number of carbonyl (C=O) groups excluding carboxylic acids is 2. The van der Waals surface area contributed by atoms with Crippen LogP contribution in [0.5, 0.6) is 11.5 Å². The first-order chi connectivity index (χ1) is 16.5. The topological polar surface area (TPSA) is 52.6 Å². The second kappa shape index (κ2) is 13.3. The molecule has 3 aromatic rings. The Kier molecular flexibility index (Phi) is 9.90. The summed E-state index contributed by atoms with van der Waals surface area (Å²) in [6.07, 6.45) is 10.0. The average molecular weight is 459 g/mol. The largest absolute Gasteiger partial charge is 0.423 e. The Hall–Kier alpha value is -3.40. The van der Waals surface area contributed by atoms with Gasteiger partial charge in [-0.1, -0.05) is 75.3 Å². The number of hydrogen-bond donors (Lipinski definition) is 0. The highest BCUT2D eigenvalue weighted by Gasteiger charge is 2.12. The van der Waals surface area contributed by atoms with Crippen LogP contribution in [0.15, 0.2) is 72.8 Å². The summed E-state index contributed by atoms with van der Waals surface area (Å²) in [7, 11) is 0. The van der Waals surface area contributed by atoms with E-state index in [0.717, 1.165) is 12.0 Å². The smallest absolute Gasteiger partial charge is 0.343 e. The zero-order valence-corrected chi connectivity index (χ0v) is 20.2. The third-order valence-electron chi connectivity index (χ3n) is 5.79. The standard InChI is InChI=1S/C30H34O4/c1-3-4-5-6-7-8-9-10-24-13-15-25(16-14-24)29(31)34-28-21-17-26(18-22-28)30(32)33-27-19-11-23(2)12-20-27/h11-22H,3-10H2,1-2H3. The molecule has 0 bridgehead atoms. The number of ether oxygens (including phenoxy) is 2. The maximum absolute atomic E-state index is 12.5. The molecule has 34 heavy (non-hydrogen) atoms. The summed E-state index contributed by atoms with van der Waals surface area (Å²) in [5.74, 6) is -0.0127. The van der Waals surface area contributed by atoms with Gasteiger partial charge in [-0.2, -0.15) is 0 Å². The summed E-state index contributed by atoms with van der Waals surface area (Å²) < 4.78 is 10.8. The second-order valence-corrected chi connectivity index (χ2v) is 8.68. The fraction of sp³-hybridized carbons (Fsp3) is 0.333. The van der Waals surface area contributed by atoms with E-state index in [2.05, 4.69) is 6.92 Å². The van der Waals surface area contributed by atoms with Crippen molar-refractivity contribution in [1.29, 1.82) is 0 Å². The van der Waals surface area contributed by atoms with Crippen molar-refractivity contribution >= 4 is 11.9 Å². The summed E-state index contributed by atoms with van der Waals surface area (Å²) in [5, 5.41) is 0. The molecule has 0 N–H and O–H groups in total. The zero-order valence-electron chi connectivity index (χ0n) is 20.2. The molecule has 0 saturated heterocycles. The van der Waals surface area contributed by atoms with Gasteiger partial charge < -0.3 is 9.47 Å². The van der Waals surface area contributed by atoms with Crippen LogP contribution in [-0.4, -0.2) is 11.9 Å². The SMILES string of the molecule is CCCCCCCCCc1ccc(C(=O)Oc2ccc(C(=O)Oc3ccc(C)cc3)cc2)cc1. The van der Waals surface area contributed by atoms with Gasteiger partial charge in [0.15, 0.2) is 0 Å². The van der Waals surface area contributed by atoms with Crippen molar-refractivity contribution < 1.29 is 19.1 Å². The number of esters is 2. The van der Waals surface area contributed by atoms with Crippen LogP contribution >= 0.6 is 0 Å². The minimum Gasteiger partial charge on any atom is -0.423 e. The van der Waals surface area contributed by atoms with Gasteiger partial charge in [-0.25, -0.2) is 9.59 Å². The molecular formula is C30H34O4. The molecule has 0 aliphatic carbocycles. The summed E-state index contributed by atoms with van der Waals surface area (Å²) in [5.41, 5.74) is 3.22. The Morgan fingerprint density at radius 1 is 0.588 bits per heavy atom. The van der Waals surface area contributed by atoms with Gasteiger partial charge in [0.05, 0.1) is 11.1 Å². The van der Waals surface area contributed by atoms with E-state index in [1.165, 1.54) is 50.5 Å². The van der Waals surface area contributed by atoms with Crippen molar-refractivity contribution in [3.8, 4) is 11.5 Å². The number of carbonyl (C=O) groups is 2. The highest BCUT2D eigenvalue weighted by molar-refractivity contribution is 5.92. The lowest BCUT2D eigenvalue weighted by Gasteiger charge is -2.07. The molecule has 0 radical (unpaired) electrons. The minimum atomic E-state index is -0.460. The normalized spacial score (nSPS) is 10.6. The van der Waals surface area contributed by atoms with Gasteiger partial charge in [-0.15, -0.1) is 0 Å². The van der Waals surface area contributed by atoms with E-state index in [0.29, 0.717) is 22.6 Å². The zero-order chi connectivity index (χ0) is 24.2. The van der Waals surface area contributed by atoms with Crippen molar-refractivity contribution in [2.45, 2.75) is 65.2 Å². The van der Waals surface area contributed by atoms with Crippen molar-refractivity contribution in [2.75, 3.05) is 0 Å². The third kappa shape index (κ3) is 8.18. The molecule has 0 aromatic heterocycles. The lowest BCUT2D eigenvalue weighted by Crippen LogP contribution is -2.10. The molecule has 0 amide bonds. The van der Waals surface area contributed by atoms with Crippen LogP contribution in [0.1, 0.15) is 83.7 Å². The highest BCUT2D eigenvalue weighted by atomic mass is 16.5. The van der Waals surface area contributed by atoms with Crippen LogP contribution in [-0.2, 0) is 6.42 Å². The molecule has 4 nitrogen and oxygen atoms in total. The molecule has 0 atom stereocenters. The van der Waals surface area contributed by atoms with Crippen molar-refractivity contribution in [3.63, 3.8) is 0 Å². The second-order valence-electron chi connectivity index (χ2n) is 8.68. The van der Waals surface area contributed by atoms with E-state index in [4.69, 9.17) is 9.47 Å². The van der Waals surface area contributed by atoms with E-state index >= 15 is 0 Å². The van der Waals surface area contributed by atoms with E-state index in [1.54, 1.807) is 36.4 Å². The molecule has 4 heteroatoms. The molecule has 0 fully saturated rings. The molecule has 3 aromatic carbocycles. The van der Waals surface area contributed by atoms with Crippen LogP contribution in [0, 0.1) is 6.92 Å². The Balaban J connectivity index is 1.44. The Bertz CT molecular complexity index is 1030. The van der Waals surface area contributed by atoms with Crippen molar-refractivity contribution in [1.82, 2.24) is 0 Å². The summed E-state index contributed by atoms with van der Waals surface area (Å²) in [6.45, 7) is 4.21. The van der Waals surface area contributed by atoms with Gasteiger partial charge in [-0.05, 0) is 73.9 Å². The van der Waals surface area contributed by atoms with E-state index < -0.39 is 11.9 Å². The van der Waals surface area contributed by atoms with Crippen LogP contribution in [0.2, 0.25) is 0 Å². The number of unbranched alkanes of at least 4 members (excludes halogenated alkanes) is 6. The van der Waals surface area contributed by atoms with Crippen LogP contribution in [0.25, 0.3) is 0 Å². The third-order valence-corrected chi connectivity index (χ3v) is 5.79. The maximum atomic E-state index is 12.5. The first kappa shape index (κ1) is 25.2. The van der Waals surface area contributed by atoms with Gasteiger partial charge in [0.25, 0.3) is 0 Å². The van der Waals surface area contributed by atoms with Gasteiger partial charge in [-0.3, -0.25) is 0 Å².